The minimum absolute atomic E-state index is 0.161. The molecule has 1 aromatic rings. The van der Waals surface area contributed by atoms with Crippen LogP contribution >= 0.6 is 0 Å². The van der Waals surface area contributed by atoms with E-state index in [-0.39, 0.29) is 18.2 Å². The number of amides is 1. The molecule has 1 fully saturated rings. The van der Waals surface area contributed by atoms with Crippen LogP contribution in [0.25, 0.3) is 0 Å². The van der Waals surface area contributed by atoms with Gasteiger partial charge in [0.25, 0.3) is 0 Å². The largest absolute Gasteiger partial charge is 0.480 e. The number of rotatable bonds is 5. The number of nitrogens with zero attached hydrogens (tertiary/aromatic N) is 3. The van der Waals surface area contributed by atoms with Crippen LogP contribution in [0, 0.1) is 0 Å². The molecule has 0 aliphatic carbocycles. The van der Waals surface area contributed by atoms with Crippen molar-refractivity contribution >= 4 is 11.9 Å². The summed E-state index contributed by atoms with van der Waals surface area (Å²) in [5.41, 5.74) is 0. The SMILES string of the molecule is CC(C)c1noc(CCC(=O)N2CCCC[C@@H]2C(=O)O)n1. The van der Waals surface area contributed by atoms with Crippen molar-refractivity contribution in [2.45, 2.75) is 57.9 Å². The summed E-state index contributed by atoms with van der Waals surface area (Å²) in [7, 11) is 0. The Morgan fingerprint density at radius 1 is 1.43 bits per heavy atom. The summed E-state index contributed by atoms with van der Waals surface area (Å²) >= 11 is 0. The maximum atomic E-state index is 12.2. The Balaban J connectivity index is 1.92. The lowest BCUT2D eigenvalue weighted by atomic mass is 10.0. The number of hydrogen-bond donors (Lipinski definition) is 1. The minimum atomic E-state index is -0.928. The zero-order chi connectivity index (χ0) is 15.4. The normalized spacial score (nSPS) is 19.0. The van der Waals surface area contributed by atoms with Crippen LogP contribution in [0.1, 0.15) is 57.2 Å². The molecule has 1 saturated heterocycles. The van der Waals surface area contributed by atoms with E-state index in [1.165, 1.54) is 4.90 Å². The van der Waals surface area contributed by atoms with E-state index in [1.54, 1.807) is 0 Å². The summed E-state index contributed by atoms with van der Waals surface area (Å²) in [6.07, 6.45) is 2.78. The molecule has 7 heteroatoms. The standard InChI is InChI=1S/C14H21N3O4/c1-9(2)13-15-11(21-16-13)6-7-12(18)17-8-4-3-5-10(17)14(19)20/h9-10H,3-8H2,1-2H3,(H,19,20)/t10-/m1/s1. The van der Waals surface area contributed by atoms with Crippen LogP contribution in [0.3, 0.4) is 0 Å². The fourth-order valence-electron chi connectivity index (χ4n) is 2.45. The zero-order valence-corrected chi connectivity index (χ0v) is 12.4. The summed E-state index contributed by atoms with van der Waals surface area (Å²) in [6, 6.07) is -0.694. The van der Waals surface area contributed by atoms with Gasteiger partial charge in [-0.05, 0) is 19.3 Å². The maximum absolute atomic E-state index is 12.2. The molecule has 0 radical (unpaired) electrons. The molecule has 1 aliphatic heterocycles. The van der Waals surface area contributed by atoms with Crippen LogP contribution in [0.4, 0.5) is 0 Å². The van der Waals surface area contributed by atoms with Crippen molar-refractivity contribution in [3.63, 3.8) is 0 Å². The molecule has 1 atom stereocenters. The van der Waals surface area contributed by atoms with Crippen molar-refractivity contribution in [2.24, 2.45) is 0 Å². The number of carbonyl (C=O) groups is 2. The van der Waals surface area contributed by atoms with Gasteiger partial charge in [-0.3, -0.25) is 4.79 Å². The van der Waals surface area contributed by atoms with E-state index in [9.17, 15) is 14.7 Å². The first kappa shape index (κ1) is 15.5. The number of carboxylic acid groups (broad SMARTS) is 1. The van der Waals surface area contributed by atoms with Gasteiger partial charge in [-0.2, -0.15) is 4.98 Å². The second kappa shape index (κ2) is 6.69. The first-order valence-corrected chi connectivity index (χ1v) is 7.33. The maximum Gasteiger partial charge on any atom is 0.326 e. The van der Waals surface area contributed by atoms with Gasteiger partial charge in [0, 0.05) is 25.3 Å². The summed E-state index contributed by atoms with van der Waals surface area (Å²) in [4.78, 5) is 29.1. The zero-order valence-electron chi connectivity index (χ0n) is 12.4. The lowest BCUT2D eigenvalue weighted by Gasteiger charge is -2.32. The van der Waals surface area contributed by atoms with Crippen molar-refractivity contribution in [3.05, 3.63) is 11.7 Å². The third kappa shape index (κ3) is 3.80. The predicted molar refractivity (Wildman–Crippen MR) is 73.7 cm³/mol. The third-order valence-corrected chi connectivity index (χ3v) is 3.66. The average Bonchev–Trinajstić information content (AvgIpc) is 2.94. The molecule has 1 N–H and O–H groups in total. The Labute approximate surface area is 123 Å². The lowest BCUT2D eigenvalue weighted by molar-refractivity contribution is -0.152. The molecule has 7 nitrogen and oxygen atoms in total. The fraction of sp³-hybridized carbons (Fsp3) is 0.714. The van der Waals surface area contributed by atoms with E-state index in [0.29, 0.717) is 31.1 Å². The van der Waals surface area contributed by atoms with Crippen LogP contribution < -0.4 is 0 Å². The quantitative estimate of drug-likeness (QED) is 0.886. The summed E-state index contributed by atoms with van der Waals surface area (Å²) in [6.45, 7) is 4.44. The Morgan fingerprint density at radius 2 is 2.19 bits per heavy atom. The number of aliphatic carboxylic acids is 1. The third-order valence-electron chi connectivity index (χ3n) is 3.66. The molecule has 0 bridgehead atoms. The molecule has 0 spiro atoms. The molecule has 1 aliphatic rings. The van der Waals surface area contributed by atoms with Crippen LogP contribution in [-0.2, 0) is 16.0 Å². The Bertz CT molecular complexity index is 512. The molecule has 116 valence electrons. The lowest BCUT2D eigenvalue weighted by Crippen LogP contribution is -2.48. The van der Waals surface area contributed by atoms with E-state index in [4.69, 9.17) is 4.52 Å². The molecule has 21 heavy (non-hydrogen) atoms. The molecule has 0 aromatic carbocycles. The van der Waals surface area contributed by atoms with Crippen LogP contribution in [-0.4, -0.2) is 44.6 Å². The molecule has 0 saturated carbocycles. The van der Waals surface area contributed by atoms with Crippen LogP contribution in [0.15, 0.2) is 4.52 Å². The van der Waals surface area contributed by atoms with Crippen molar-refractivity contribution in [1.82, 2.24) is 15.0 Å². The first-order chi connectivity index (χ1) is 9.99. The highest BCUT2D eigenvalue weighted by Gasteiger charge is 2.31. The summed E-state index contributed by atoms with van der Waals surface area (Å²) < 4.78 is 5.09. The van der Waals surface area contributed by atoms with Crippen LogP contribution in [0.5, 0.6) is 0 Å². The van der Waals surface area contributed by atoms with Crippen molar-refractivity contribution in [2.75, 3.05) is 6.54 Å². The Kier molecular flexibility index (Phi) is 4.93. The fourth-order valence-corrected chi connectivity index (χ4v) is 2.45. The molecular weight excluding hydrogens is 274 g/mol. The Morgan fingerprint density at radius 3 is 2.81 bits per heavy atom. The first-order valence-electron chi connectivity index (χ1n) is 7.33. The van der Waals surface area contributed by atoms with Gasteiger partial charge >= 0.3 is 5.97 Å². The van der Waals surface area contributed by atoms with Crippen molar-refractivity contribution in [3.8, 4) is 0 Å². The van der Waals surface area contributed by atoms with E-state index in [1.807, 2.05) is 13.8 Å². The van der Waals surface area contributed by atoms with E-state index < -0.39 is 12.0 Å². The highest BCUT2D eigenvalue weighted by Crippen LogP contribution is 2.19. The predicted octanol–water partition coefficient (Wildman–Crippen LogP) is 1.59. The topological polar surface area (TPSA) is 96.5 Å². The highest BCUT2D eigenvalue weighted by molar-refractivity contribution is 5.83. The highest BCUT2D eigenvalue weighted by atomic mass is 16.5. The molecule has 1 amide bonds. The number of carboxylic acids is 1. The molecule has 1 aromatic heterocycles. The molecule has 0 unspecified atom stereocenters. The van der Waals surface area contributed by atoms with Gasteiger partial charge in [-0.15, -0.1) is 0 Å². The van der Waals surface area contributed by atoms with E-state index >= 15 is 0 Å². The van der Waals surface area contributed by atoms with Crippen LogP contribution in [0.2, 0.25) is 0 Å². The van der Waals surface area contributed by atoms with E-state index in [2.05, 4.69) is 10.1 Å². The number of carbonyl (C=O) groups excluding carboxylic acids is 1. The second-order valence-electron chi connectivity index (χ2n) is 5.64. The number of aromatic nitrogens is 2. The van der Waals surface area contributed by atoms with Gasteiger partial charge in [0.2, 0.25) is 11.8 Å². The summed E-state index contributed by atoms with van der Waals surface area (Å²) in [5, 5.41) is 13.0. The van der Waals surface area contributed by atoms with E-state index in [0.717, 1.165) is 12.8 Å². The molecule has 2 rings (SSSR count). The van der Waals surface area contributed by atoms with Gasteiger partial charge in [-0.1, -0.05) is 19.0 Å². The van der Waals surface area contributed by atoms with Gasteiger partial charge in [-0.25, -0.2) is 4.79 Å². The van der Waals surface area contributed by atoms with Gasteiger partial charge in [0.05, 0.1) is 0 Å². The molecule has 2 heterocycles. The number of likely N-dealkylation sites (tertiary alicyclic amines) is 1. The average molecular weight is 295 g/mol. The minimum Gasteiger partial charge on any atom is -0.480 e. The van der Waals surface area contributed by atoms with Gasteiger partial charge < -0.3 is 14.5 Å². The molecular formula is C14H21N3O4. The number of piperidine rings is 1. The monoisotopic (exact) mass is 295 g/mol. The number of hydrogen-bond acceptors (Lipinski definition) is 5. The Hall–Kier alpha value is -1.92. The van der Waals surface area contributed by atoms with Crippen molar-refractivity contribution in [1.29, 1.82) is 0 Å². The van der Waals surface area contributed by atoms with Gasteiger partial charge in [0.1, 0.15) is 6.04 Å². The van der Waals surface area contributed by atoms with Gasteiger partial charge in [0.15, 0.2) is 5.82 Å². The smallest absolute Gasteiger partial charge is 0.326 e. The summed E-state index contributed by atoms with van der Waals surface area (Å²) in [5.74, 6) is 0.140. The second-order valence-corrected chi connectivity index (χ2v) is 5.64. The number of aryl methyl sites for hydroxylation is 1. The van der Waals surface area contributed by atoms with Crippen molar-refractivity contribution < 1.29 is 19.2 Å².